The van der Waals surface area contributed by atoms with Gasteiger partial charge < -0.3 is 5.11 Å². The van der Waals surface area contributed by atoms with Crippen LogP contribution in [0.1, 0.15) is 40.7 Å². The third-order valence-electron chi connectivity index (χ3n) is 3.92. The average molecular weight is 332 g/mol. The van der Waals surface area contributed by atoms with E-state index in [1.54, 1.807) is 6.92 Å². The molecule has 2 heterocycles. The van der Waals surface area contributed by atoms with Crippen molar-refractivity contribution in [2.45, 2.75) is 33.0 Å². The Bertz CT molecular complexity index is 863. The van der Waals surface area contributed by atoms with E-state index in [2.05, 4.69) is 15.4 Å². The third-order valence-corrected chi connectivity index (χ3v) is 3.92. The molecule has 1 aromatic carbocycles. The number of halogens is 2. The molecule has 126 valence electrons. The van der Waals surface area contributed by atoms with Crippen molar-refractivity contribution in [2.75, 3.05) is 0 Å². The Hall–Kier alpha value is -2.38. The predicted molar refractivity (Wildman–Crippen MR) is 85.7 cm³/mol. The molecular formula is C17H18F2N4O. The lowest BCUT2D eigenvalue weighted by Crippen LogP contribution is -2.21. The maximum absolute atomic E-state index is 13.1. The largest absolute Gasteiger partial charge is 0.374 e. The zero-order valence-electron chi connectivity index (χ0n) is 13.4. The Balaban J connectivity index is 1.88. The first-order chi connectivity index (χ1) is 11.5. The summed E-state index contributed by atoms with van der Waals surface area (Å²) in [6.07, 6.45) is -2.36. The Morgan fingerprint density at radius 3 is 2.71 bits per heavy atom. The van der Waals surface area contributed by atoms with Crippen molar-refractivity contribution in [1.82, 2.24) is 19.9 Å². The number of alkyl halides is 2. The predicted octanol–water partition coefficient (Wildman–Crippen LogP) is 3.06. The molecule has 7 heteroatoms. The molecule has 0 fully saturated rings. The van der Waals surface area contributed by atoms with E-state index < -0.39 is 12.7 Å². The van der Waals surface area contributed by atoms with Gasteiger partial charge in [0.2, 0.25) is 0 Å². The Kier molecular flexibility index (Phi) is 4.55. The molecule has 0 bridgehead atoms. The van der Waals surface area contributed by atoms with Crippen molar-refractivity contribution in [3.8, 4) is 0 Å². The van der Waals surface area contributed by atoms with Gasteiger partial charge in [-0.1, -0.05) is 24.3 Å². The number of benzene rings is 1. The molecule has 5 nitrogen and oxygen atoms in total. The number of fused-ring (bicyclic) bond motifs is 1. The summed E-state index contributed by atoms with van der Waals surface area (Å²) in [6, 6.07) is 9.10. The lowest BCUT2D eigenvalue weighted by atomic mass is 10.1. The molecule has 0 saturated carbocycles. The monoisotopic (exact) mass is 332 g/mol. The number of nitrogens with one attached hydrogen (secondary N) is 1. The summed E-state index contributed by atoms with van der Waals surface area (Å²) < 4.78 is 27.3. The Morgan fingerprint density at radius 1 is 1.25 bits per heavy atom. The zero-order valence-corrected chi connectivity index (χ0v) is 13.4. The van der Waals surface area contributed by atoms with Crippen LogP contribution >= 0.6 is 0 Å². The van der Waals surface area contributed by atoms with E-state index in [1.807, 2.05) is 31.2 Å². The lowest BCUT2D eigenvalue weighted by molar-refractivity contribution is 0.137. The molecule has 0 aliphatic carbocycles. The Labute approximate surface area is 138 Å². The first-order valence-electron chi connectivity index (χ1n) is 7.56. The number of aryl methyl sites for hydroxylation is 2. The van der Waals surface area contributed by atoms with Crippen LogP contribution in [0.2, 0.25) is 0 Å². The second-order valence-electron chi connectivity index (χ2n) is 5.67. The highest BCUT2D eigenvalue weighted by Gasteiger charge is 2.20. The van der Waals surface area contributed by atoms with E-state index in [0.717, 1.165) is 15.6 Å². The van der Waals surface area contributed by atoms with Crippen molar-refractivity contribution in [3.63, 3.8) is 0 Å². The van der Waals surface area contributed by atoms with E-state index in [0.29, 0.717) is 17.8 Å². The van der Waals surface area contributed by atoms with E-state index >= 15 is 0 Å². The molecule has 2 N–H and O–H groups in total. The van der Waals surface area contributed by atoms with Gasteiger partial charge in [0.15, 0.2) is 5.65 Å². The van der Waals surface area contributed by atoms with E-state index in [9.17, 15) is 13.9 Å². The summed E-state index contributed by atoms with van der Waals surface area (Å²) in [5, 5.41) is 17.3. The van der Waals surface area contributed by atoms with Crippen molar-refractivity contribution in [3.05, 3.63) is 64.6 Å². The first-order valence-corrected chi connectivity index (χ1v) is 7.56. The van der Waals surface area contributed by atoms with Gasteiger partial charge in [0.25, 0.3) is 6.43 Å². The first kappa shape index (κ1) is 16.5. The standard InChI is InChI=1S/C17H18F2N4O/c1-10-5-3-4-6-12(10)8-20-17(24)13-9-21-23-14(15(18)19)7-11(2)22-16(13)23/h3-7,9,15,17,20,24H,8H2,1-2H3. The summed E-state index contributed by atoms with van der Waals surface area (Å²) in [6.45, 7) is 4.06. The fourth-order valence-corrected chi connectivity index (χ4v) is 2.60. The highest BCUT2D eigenvalue weighted by Crippen LogP contribution is 2.24. The molecule has 0 aliphatic rings. The van der Waals surface area contributed by atoms with Crippen molar-refractivity contribution in [1.29, 1.82) is 0 Å². The molecule has 0 amide bonds. The summed E-state index contributed by atoms with van der Waals surface area (Å²) in [5.74, 6) is 0. The number of aliphatic hydroxyl groups excluding tert-OH is 1. The van der Waals surface area contributed by atoms with Crippen molar-refractivity contribution in [2.24, 2.45) is 0 Å². The van der Waals surface area contributed by atoms with Crippen LogP contribution < -0.4 is 5.32 Å². The van der Waals surface area contributed by atoms with Crippen molar-refractivity contribution >= 4 is 5.65 Å². The second kappa shape index (κ2) is 6.62. The van der Waals surface area contributed by atoms with Crippen LogP contribution in [-0.4, -0.2) is 19.7 Å². The van der Waals surface area contributed by atoms with Gasteiger partial charge in [-0.3, -0.25) is 5.32 Å². The van der Waals surface area contributed by atoms with Crippen LogP contribution in [0, 0.1) is 13.8 Å². The molecule has 2 aromatic heterocycles. The molecule has 0 aliphatic heterocycles. The zero-order chi connectivity index (χ0) is 17.3. The van der Waals surface area contributed by atoms with E-state index in [4.69, 9.17) is 0 Å². The minimum Gasteiger partial charge on any atom is -0.374 e. The van der Waals surface area contributed by atoms with Crippen LogP contribution in [0.25, 0.3) is 5.65 Å². The molecule has 24 heavy (non-hydrogen) atoms. The van der Waals surface area contributed by atoms with E-state index in [-0.39, 0.29) is 11.3 Å². The highest BCUT2D eigenvalue weighted by molar-refractivity contribution is 5.49. The minimum absolute atomic E-state index is 0.232. The van der Waals surface area contributed by atoms with E-state index in [1.165, 1.54) is 12.3 Å². The topological polar surface area (TPSA) is 62.5 Å². The van der Waals surface area contributed by atoms with Crippen LogP contribution in [0.15, 0.2) is 36.5 Å². The van der Waals surface area contributed by atoms with Crippen LogP contribution in [-0.2, 0) is 6.54 Å². The molecule has 3 aromatic rings. The molecule has 1 atom stereocenters. The van der Waals surface area contributed by atoms with Gasteiger partial charge in [-0.25, -0.2) is 18.3 Å². The molecule has 0 spiro atoms. The maximum atomic E-state index is 13.1. The average Bonchev–Trinajstić information content (AvgIpc) is 2.96. The third kappa shape index (κ3) is 3.13. The van der Waals surface area contributed by atoms with Gasteiger partial charge in [0.05, 0.1) is 11.8 Å². The Morgan fingerprint density at radius 2 is 2.00 bits per heavy atom. The molecule has 0 radical (unpaired) electrons. The molecule has 1 unspecified atom stereocenters. The molecular weight excluding hydrogens is 314 g/mol. The fraction of sp³-hybridized carbons (Fsp3) is 0.294. The summed E-state index contributed by atoms with van der Waals surface area (Å²) in [4.78, 5) is 4.24. The van der Waals surface area contributed by atoms with Gasteiger partial charge in [-0.2, -0.15) is 5.10 Å². The molecule has 3 rings (SSSR count). The second-order valence-corrected chi connectivity index (χ2v) is 5.67. The molecule has 0 saturated heterocycles. The quantitative estimate of drug-likeness (QED) is 0.705. The maximum Gasteiger partial charge on any atom is 0.280 e. The fourth-order valence-electron chi connectivity index (χ4n) is 2.60. The van der Waals surface area contributed by atoms with Gasteiger partial charge in [0.1, 0.15) is 11.9 Å². The summed E-state index contributed by atoms with van der Waals surface area (Å²) in [7, 11) is 0. The summed E-state index contributed by atoms with van der Waals surface area (Å²) in [5.41, 5.74) is 2.96. The smallest absolute Gasteiger partial charge is 0.280 e. The number of rotatable bonds is 5. The number of nitrogens with zero attached hydrogens (tertiary/aromatic N) is 3. The SMILES string of the molecule is Cc1cc(C(F)F)n2ncc(C(O)NCc3ccccc3C)c2n1. The highest BCUT2D eigenvalue weighted by atomic mass is 19.3. The number of aliphatic hydroxyl groups is 1. The van der Waals surface area contributed by atoms with Crippen molar-refractivity contribution < 1.29 is 13.9 Å². The van der Waals surface area contributed by atoms with Gasteiger partial charge in [-0.15, -0.1) is 0 Å². The number of hydrogen-bond acceptors (Lipinski definition) is 4. The van der Waals surface area contributed by atoms with Crippen LogP contribution in [0.4, 0.5) is 8.78 Å². The van der Waals surface area contributed by atoms with Gasteiger partial charge in [-0.05, 0) is 31.0 Å². The number of hydrogen-bond donors (Lipinski definition) is 2. The van der Waals surface area contributed by atoms with Crippen LogP contribution in [0.3, 0.4) is 0 Å². The van der Waals surface area contributed by atoms with Crippen LogP contribution in [0.5, 0.6) is 0 Å². The van der Waals surface area contributed by atoms with Gasteiger partial charge >= 0.3 is 0 Å². The lowest BCUT2D eigenvalue weighted by Gasteiger charge is -2.13. The summed E-state index contributed by atoms with van der Waals surface area (Å²) >= 11 is 0. The number of aromatic nitrogens is 3. The normalized spacial score (nSPS) is 12.9. The van der Waals surface area contributed by atoms with Gasteiger partial charge in [0, 0.05) is 12.2 Å². The minimum atomic E-state index is -2.67.